The summed E-state index contributed by atoms with van der Waals surface area (Å²) in [6, 6.07) is 0.523. The Labute approximate surface area is 122 Å². The molecule has 0 aliphatic heterocycles. The Kier molecular flexibility index (Phi) is 7.95. The van der Waals surface area contributed by atoms with Crippen LogP contribution in [-0.2, 0) is 6.54 Å². The number of hydrogen-bond acceptors (Lipinski definition) is 5. The molecule has 1 heterocycles. The van der Waals surface area contributed by atoms with Crippen molar-refractivity contribution in [2.45, 2.75) is 58.5 Å². The van der Waals surface area contributed by atoms with Crippen molar-refractivity contribution < 1.29 is 9.47 Å². The quantitative estimate of drug-likeness (QED) is 0.714. The molecule has 0 bridgehead atoms. The van der Waals surface area contributed by atoms with Crippen molar-refractivity contribution in [1.29, 1.82) is 0 Å². The molecule has 5 nitrogen and oxygen atoms in total. The van der Waals surface area contributed by atoms with Crippen molar-refractivity contribution in [3.05, 3.63) is 11.9 Å². The minimum absolute atomic E-state index is 0.523. The second kappa shape index (κ2) is 9.53. The fourth-order valence-electron chi connectivity index (χ4n) is 2.28. The third-order valence-electron chi connectivity index (χ3n) is 3.36. The zero-order valence-corrected chi connectivity index (χ0v) is 13.1. The van der Waals surface area contributed by atoms with Crippen molar-refractivity contribution >= 4 is 0 Å². The molecule has 0 radical (unpaired) electrons. The van der Waals surface area contributed by atoms with Crippen molar-refractivity contribution in [2.75, 3.05) is 14.2 Å². The molecular formula is C15H27N3O2. The highest BCUT2D eigenvalue weighted by molar-refractivity contribution is 5.34. The van der Waals surface area contributed by atoms with Gasteiger partial charge in [-0.2, -0.15) is 0 Å². The van der Waals surface area contributed by atoms with Crippen LogP contribution in [0.5, 0.6) is 11.8 Å². The number of hydrogen-bond donors (Lipinski definition) is 1. The minimum atomic E-state index is 0.523. The van der Waals surface area contributed by atoms with Crippen LogP contribution in [0.2, 0.25) is 0 Å². The van der Waals surface area contributed by atoms with Gasteiger partial charge in [-0.3, -0.25) is 0 Å². The van der Waals surface area contributed by atoms with Gasteiger partial charge in [0.05, 0.1) is 19.8 Å². The molecule has 5 heteroatoms. The summed E-state index contributed by atoms with van der Waals surface area (Å²) in [6.45, 7) is 5.11. The molecule has 0 fully saturated rings. The highest BCUT2D eigenvalue weighted by Gasteiger charge is 2.14. The maximum absolute atomic E-state index is 5.29. The van der Waals surface area contributed by atoms with E-state index >= 15 is 0 Å². The molecule has 0 saturated carbocycles. The zero-order valence-electron chi connectivity index (χ0n) is 13.1. The van der Waals surface area contributed by atoms with E-state index in [1.165, 1.54) is 38.4 Å². The maximum atomic E-state index is 5.29. The third-order valence-corrected chi connectivity index (χ3v) is 3.36. The van der Waals surface area contributed by atoms with Gasteiger partial charge in [0.15, 0.2) is 0 Å². The molecule has 0 spiro atoms. The number of methoxy groups -OCH3 is 2. The standard InChI is InChI=1S/C15H27N3O2/c1-5-7-9-12(8-6-2)16-10-13-14(19-3)17-11-18-15(13)20-4/h11-12,16H,5-10H2,1-4H3. The monoisotopic (exact) mass is 281 g/mol. The van der Waals surface area contributed by atoms with Crippen LogP contribution in [0.25, 0.3) is 0 Å². The predicted molar refractivity (Wildman–Crippen MR) is 80.2 cm³/mol. The average molecular weight is 281 g/mol. The normalized spacial score (nSPS) is 12.2. The summed E-state index contributed by atoms with van der Waals surface area (Å²) >= 11 is 0. The first-order valence-corrected chi connectivity index (χ1v) is 7.41. The van der Waals surface area contributed by atoms with Crippen LogP contribution in [0.15, 0.2) is 6.33 Å². The Morgan fingerprint density at radius 3 is 2.20 bits per heavy atom. The number of nitrogens with one attached hydrogen (secondary N) is 1. The van der Waals surface area contributed by atoms with Gasteiger partial charge in [-0.1, -0.05) is 33.1 Å². The van der Waals surface area contributed by atoms with Crippen LogP contribution < -0.4 is 14.8 Å². The van der Waals surface area contributed by atoms with E-state index in [1.54, 1.807) is 14.2 Å². The average Bonchev–Trinajstić information content (AvgIpc) is 2.49. The number of unbranched alkanes of at least 4 members (excludes halogenated alkanes) is 1. The topological polar surface area (TPSA) is 56.3 Å². The van der Waals surface area contributed by atoms with Crippen LogP contribution in [0.4, 0.5) is 0 Å². The molecular weight excluding hydrogens is 254 g/mol. The highest BCUT2D eigenvalue weighted by atomic mass is 16.5. The van der Waals surface area contributed by atoms with Crippen molar-refractivity contribution in [3.63, 3.8) is 0 Å². The van der Waals surface area contributed by atoms with Gasteiger partial charge in [0.25, 0.3) is 0 Å². The zero-order chi connectivity index (χ0) is 14.8. The molecule has 0 saturated heterocycles. The Morgan fingerprint density at radius 1 is 1.05 bits per heavy atom. The van der Waals surface area contributed by atoms with E-state index in [0.29, 0.717) is 24.3 Å². The van der Waals surface area contributed by atoms with E-state index in [1.807, 2.05) is 0 Å². The first-order chi connectivity index (χ1) is 9.76. The molecule has 1 atom stereocenters. The molecule has 1 aromatic heterocycles. The van der Waals surface area contributed by atoms with Gasteiger partial charge in [-0.15, -0.1) is 0 Å². The second-order valence-corrected chi connectivity index (χ2v) is 4.88. The summed E-state index contributed by atoms with van der Waals surface area (Å²) in [6.07, 6.45) is 7.49. The van der Waals surface area contributed by atoms with E-state index in [-0.39, 0.29) is 0 Å². The summed E-state index contributed by atoms with van der Waals surface area (Å²) in [5, 5.41) is 3.58. The lowest BCUT2D eigenvalue weighted by molar-refractivity contribution is 0.352. The Hall–Kier alpha value is -1.36. The summed E-state index contributed by atoms with van der Waals surface area (Å²) in [4.78, 5) is 8.28. The first kappa shape index (κ1) is 16.7. The van der Waals surface area contributed by atoms with Gasteiger partial charge < -0.3 is 14.8 Å². The van der Waals surface area contributed by atoms with Crippen LogP contribution in [0, 0.1) is 0 Å². The fraction of sp³-hybridized carbons (Fsp3) is 0.733. The van der Waals surface area contributed by atoms with Gasteiger partial charge in [0.1, 0.15) is 6.33 Å². The Bertz CT molecular complexity index is 363. The summed E-state index contributed by atoms with van der Waals surface area (Å²) in [5.41, 5.74) is 0.884. The van der Waals surface area contributed by atoms with E-state index < -0.39 is 0 Å². The Morgan fingerprint density at radius 2 is 1.70 bits per heavy atom. The molecule has 0 aromatic carbocycles. The molecule has 0 amide bonds. The fourth-order valence-corrected chi connectivity index (χ4v) is 2.28. The SMILES string of the molecule is CCCCC(CCC)NCc1c(OC)ncnc1OC. The van der Waals surface area contributed by atoms with Crippen LogP contribution in [0.3, 0.4) is 0 Å². The highest BCUT2D eigenvalue weighted by Crippen LogP contribution is 2.23. The minimum Gasteiger partial charge on any atom is -0.481 e. The van der Waals surface area contributed by atoms with Crippen LogP contribution in [0.1, 0.15) is 51.5 Å². The van der Waals surface area contributed by atoms with Crippen molar-refractivity contribution in [1.82, 2.24) is 15.3 Å². The molecule has 0 aliphatic rings. The van der Waals surface area contributed by atoms with E-state index in [9.17, 15) is 0 Å². The Balaban J connectivity index is 2.70. The number of ether oxygens (including phenoxy) is 2. The first-order valence-electron chi connectivity index (χ1n) is 7.41. The van der Waals surface area contributed by atoms with Crippen LogP contribution >= 0.6 is 0 Å². The lowest BCUT2D eigenvalue weighted by Crippen LogP contribution is -2.29. The molecule has 1 unspecified atom stereocenters. The predicted octanol–water partition coefficient (Wildman–Crippen LogP) is 2.94. The van der Waals surface area contributed by atoms with Crippen molar-refractivity contribution in [2.24, 2.45) is 0 Å². The molecule has 1 aromatic rings. The summed E-state index contributed by atoms with van der Waals surface area (Å²) in [5.74, 6) is 1.16. The van der Waals surface area contributed by atoms with Gasteiger partial charge in [-0.25, -0.2) is 9.97 Å². The molecule has 20 heavy (non-hydrogen) atoms. The lowest BCUT2D eigenvalue weighted by atomic mass is 10.0. The molecule has 114 valence electrons. The van der Waals surface area contributed by atoms with E-state index in [4.69, 9.17) is 9.47 Å². The molecule has 1 rings (SSSR count). The number of aromatic nitrogens is 2. The second-order valence-electron chi connectivity index (χ2n) is 4.88. The largest absolute Gasteiger partial charge is 0.481 e. The smallest absolute Gasteiger partial charge is 0.224 e. The van der Waals surface area contributed by atoms with E-state index in [0.717, 1.165) is 5.56 Å². The van der Waals surface area contributed by atoms with Gasteiger partial charge in [0, 0.05) is 12.6 Å². The van der Waals surface area contributed by atoms with Gasteiger partial charge in [0.2, 0.25) is 11.8 Å². The molecule has 1 N–H and O–H groups in total. The van der Waals surface area contributed by atoms with E-state index in [2.05, 4.69) is 29.1 Å². The molecule has 0 aliphatic carbocycles. The number of nitrogens with zero attached hydrogens (tertiary/aromatic N) is 2. The van der Waals surface area contributed by atoms with Crippen LogP contribution in [-0.4, -0.2) is 30.2 Å². The summed E-state index contributed by atoms with van der Waals surface area (Å²) < 4.78 is 10.6. The maximum Gasteiger partial charge on any atom is 0.224 e. The van der Waals surface area contributed by atoms with Gasteiger partial charge >= 0.3 is 0 Å². The van der Waals surface area contributed by atoms with Crippen molar-refractivity contribution in [3.8, 4) is 11.8 Å². The third kappa shape index (κ3) is 4.96. The lowest BCUT2D eigenvalue weighted by Gasteiger charge is -2.19. The summed E-state index contributed by atoms with van der Waals surface area (Å²) in [7, 11) is 3.23. The number of rotatable bonds is 10. The van der Waals surface area contributed by atoms with Gasteiger partial charge in [-0.05, 0) is 12.8 Å².